The van der Waals surface area contributed by atoms with Gasteiger partial charge in [0, 0.05) is 17.5 Å². The van der Waals surface area contributed by atoms with Crippen molar-refractivity contribution in [2.45, 2.75) is 32.9 Å². The third-order valence-corrected chi connectivity index (χ3v) is 3.69. The van der Waals surface area contributed by atoms with Crippen LogP contribution in [0.5, 0.6) is 0 Å². The normalized spacial score (nSPS) is 11.9. The van der Waals surface area contributed by atoms with E-state index in [0.29, 0.717) is 18.2 Å². The van der Waals surface area contributed by atoms with Crippen molar-refractivity contribution in [2.75, 3.05) is 20.3 Å². The van der Waals surface area contributed by atoms with Crippen LogP contribution in [-0.2, 0) is 11.3 Å². The van der Waals surface area contributed by atoms with Gasteiger partial charge in [0.1, 0.15) is 0 Å². The third-order valence-electron chi connectivity index (χ3n) is 2.82. The second-order valence-corrected chi connectivity index (χ2v) is 5.55. The fourth-order valence-corrected chi connectivity index (χ4v) is 1.94. The van der Waals surface area contributed by atoms with Gasteiger partial charge in [-0.1, -0.05) is 0 Å². The average molecular weight is 272 g/mol. The van der Waals surface area contributed by atoms with E-state index in [9.17, 15) is 9.90 Å². The van der Waals surface area contributed by atoms with Gasteiger partial charge in [-0.15, -0.1) is 11.3 Å². The van der Waals surface area contributed by atoms with Crippen LogP contribution >= 0.6 is 11.3 Å². The third kappa shape index (κ3) is 3.76. The van der Waals surface area contributed by atoms with Crippen molar-refractivity contribution in [2.24, 2.45) is 0 Å². The molecular formula is C12H20N2O3S. The van der Waals surface area contributed by atoms with Crippen molar-refractivity contribution in [1.82, 2.24) is 9.88 Å². The first kappa shape index (κ1) is 15.1. The molecule has 0 bridgehead atoms. The molecule has 0 aromatic carbocycles. The topological polar surface area (TPSA) is 62.7 Å². The van der Waals surface area contributed by atoms with Crippen LogP contribution in [0.4, 0.5) is 0 Å². The second-order valence-electron chi connectivity index (χ2n) is 4.69. The summed E-state index contributed by atoms with van der Waals surface area (Å²) in [5.74, 6) is -0.377. The highest BCUT2D eigenvalue weighted by molar-refractivity contribution is 7.11. The number of nitrogens with zero attached hydrogens (tertiary/aromatic N) is 2. The summed E-state index contributed by atoms with van der Waals surface area (Å²) < 4.78 is 4.89. The Kier molecular flexibility index (Phi) is 5.25. The predicted octanol–water partition coefficient (Wildman–Crippen LogP) is 1.52. The van der Waals surface area contributed by atoms with Crippen LogP contribution in [0.25, 0.3) is 0 Å². The predicted molar refractivity (Wildman–Crippen MR) is 70.7 cm³/mol. The van der Waals surface area contributed by atoms with Gasteiger partial charge >= 0.3 is 5.97 Å². The molecule has 0 aliphatic carbocycles. The lowest BCUT2D eigenvalue weighted by Gasteiger charge is -2.33. The van der Waals surface area contributed by atoms with Crippen LogP contribution in [-0.4, -0.2) is 46.8 Å². The molecule has 0 fully saturated rings. The summed E-state index contributed by atoms with van der Waals surface area (Å²) in [5, 5.41) is 11.5. The van der Waals surface area contributed by atoms with Gasteiger partial charge in [0.25, 0.3) is 0 Å². The summed E-state index contributed by atoms with van der Waals surface area (Å²) in [5.41, 5.74) is 0.500. The Morgan fingerprint density at radius 3 is 2.83 bits per heavy atom. The van der Waals surface area contributed by atoms with E-state index in [0.717, 1.165) is 5.69 Å². The van der Waals surface area contributed by atoms with Crippen molar-refractivity contribution in [3.63, 3.8) is 0 Å². The Morgan fingerprint density at radius 2 is 2.28 bits per heavy atom. The molecule has 0 unspecified atom stereocenters. The number of esters is 1. The number of aromatic nitrogens is 1. The number of rotatable bonds is 6. The SMILES string of the molecule is CCOC(=O)c1nc(CN(C)C(C)(C)CO)cs1. The van der Waals surface area contributed by atoms with E-state index in [1.165, 1.54) is 11.3 Å². The summed E-state index contributed by atoms with van der Waals surface area (Å²) in [4.78, 5) is 17.7. The van der Waals surface area contributed by atoms with Gasteiger partial charge in [-0.05, 0) is 27.8 Å². The van der Waals surface area contributed by atoms with Crippen molar-refractivity contribution in [3.8, 4) is 0 Å². The fraction of sp³-hybridized carbons (Fsp3) is 0.667. The maximum absolute atomic E-state index is 11.5. The van der Waals surface area contributed by atoms with Crippen molar-refractivity contribution in [3.05, 3.63) is 16.1 Å². The molecule has 0 saturated heterocycles. The summed E-state index contributed by atoms with van der Waals surface area (Å²) >= 11 is 1.28. The summed E-state index contributed by atoms with van der Waals surface area (Å²) in [6, 6.07) is 0. The largest absolute Gasteiger partial charge is 0.461 e. The van der Waals surface area contributed by atoms with E-state index in [1.54, 1.807) is 6.92 Å². The molecule has 18 heavy (non-hydrogen) atoms. The number of carbonyl (C=O) groups is 1. The Balaban J connectivity index is 2.67. The minimum atomic E-state index is -0.377. The van der Waals surface area contributed by atoms with Crippen LogP contribution in [0.2, 0.25) is 0 Å². The minimum absolute atomic E-state index is 0.0678. The van der Waals surface area contributed by atoms with E-state index in [1.807, 2.05) is 31.2 Å². The zero-order valence-corrected chi connectivity index (χ0v) is 12.1. The molecule has 1 aromatic heterocycles. The maximum Gasteiger partial charge on any atom is 0.367 e. The lowest BCUT2D eigenvalue weighted by Crippen LogP contribution is -2.43. The molecule has 0 amide bonds. The molecule has 0 aliphatic heterocycles. The highest BCUT2D eigenvalue weighted by Gasteiger charge is 2.23. The van der Waals surface area contributed by atoms with Gasteiger partial charge in [0.2, 0.25) is 5.01 Å². The standard InChI is InChI=1S/C12H20N2O3S/c1-5-17-11(16)10-13-9(7-18-10)6-14(4)12(2,3)8-15/h7,15H,5-6,8H2,1-4H3. The number of hydrogen-bond acceptors (Lipinski definition) is 6. The van der Waals surface area contributed by atoms with E-state index < -0.39 is 0 Å². The molecule has 0 radical (unpaired) electrons. The summed E-state index contributed by atoms with van der Waals surface area (Å²) in [6.07, 6.45) is 0. The average Bonchev–Trinajstić information content (AvgIpc) is 2.78. The van der Waals surface area contributed by atoms with Crippen LogP contribution in [0, 0.1) is 0 Å². The van der Waals surface area contributed by atoms with Gasteiger partial charge in [-0.2, -0.15) is 0 Å². The quantitative estimate of drug-likeness (QED) is 0.796. The van der Waals surface area contributed by atoms with Crippen LogP contribution in [0.3, 0.4) is 0 Å². The molecule has 1 heterocycles. The van der Waals surface area contributed by atoms with Gasteiger partial charge in [-0.25, -0.2) is 9.78 Å². The van der Waals surface area contributed by atoms with Crippen LogP contribution in [0.15, 0.2) is 5.38 Å². The molecule has 0 aliphatic rings. The van der Waals surface area contributed by atoms with E-state index in [-0.39, 0.29) is 18.1 Å². The fourth-order valence-electron chi connectivity index (χ4n) is 1.24. The number of thiazole rings is 1. The molecule has 1 rings (SSSR count). The van der Waals surface area contributed by atoms with Gasteiger partial charge in [0.15, 0.2) is 0 Å². The Labute approximate surface area is 111 Å². The summed E-state index contributed by atoms with van der Waals surface area (Å²) in [6.45, 7) is 6.67. The molecule has 5 nitrogen and oxygen atoms in total. The van der Waals surface area contributed by atoms with Gasteiger partial charge in [0.05, 0.1) is 18.9 Å². The zero-order valence-electron chi connectivity index (χ0n) is 11.3. The number of ether oxygens (including phenoxy) is 1. The molecule has 1 aromatic rings. The van der Waals surface area contributed by atoms with Gasteiger partial charge < -0.3 is 9.84 Å². The van der Waals surface area contributed by atoms with Crippen LogP contribution < -0.4 is 0 Å². The Morgan fingerprint density at radius 1 is 1.61 bits per heavy atom. The number of likely N-dealkylation sites (N-methyl/N-ethyl adjacent to an activating group) is 1. The molecule has 1 N–H and O–H groups in total. The number of aliphatic hydroxyl groups excluding tert-OH is 1. The molecular weight excluding hydrogens is 252 g/mol. The van der Waals surface area contributed by atoms with Gasteiger partial charge in [-0.3, -0.25) is 4.90 Å². The van der Waals surface area contributed by atoms with E-state index in [4.69, 9.17) is 4.74 Å². The van der Waals surface area contributed by atoms with Crippen LogP contribution in [0.1, 0.15) is 36.3 Å². The van der Waals surface area contributed by atoms with Crippen molar-refractivity contribution >= 4 is 17.3 Å². The monoisotopic (exact) mass is 272 g/mol. The zero-order chi connectivity index (χ0) is 13.8. The number of aliphatic hydroxyl groups is 1. The molecule has 0 spiro atoms. The lowest BCUT2D eigenvalue weighted by molar-refractivity contribution is 0.0524. The first-order valence-corrected chi connectivity index (χ1v) is 6.72. The Hall–Kier alpha value is -0.980. The molecule has 0 saturated carbocycles. The molecule has 0 atom stereocenters. The first-order valence-electron chi connectivity index (χ1n) is 5.84. The highest BCUT2D eigenvalue weighted by atomic mass is 32.1. The number of hydrogen-bond donors (Lipinski definition) is 1. The minimum Gasteiger partial charge on any atom is -0.461 e. The summed E-state index contributed by atoms with van der Waals surface area (Å²) in [7, 11) is 1.92. The maximum atomic E-state index is 11.5. The lowest BCUT2D eigenvalue weighted by atomic mass is 10.1. The number of carbonyl (C=O) groups excluding carboxylic acids is 1. The van der Waals surface area contributed by atoms with Crippen molar-refractivity contribution in [1.29, 1.82) is 0 Å². The van der Waals surface area contributed by atoms with E-state index in [2.05, 4.69) is 4.98 Å². The second kappa shape index (κ2) is 6.26. The molecule has 6 heteroatoms. The first-order chi connectivity index (χ1) is 8.40. The van der Waals surface area contributed by atoms with E-state index >= 15 is 0 Å². The highest BCUT2D eigenvalue weighted by Crippen LogP contribution is 2.17. The molecule has 102 valence electrons. The Bertz CT molecular complexity index is 404. The smallest absolute Gasteiger partial charge is 0.367 e. The van der Waals surface area contributed by atoms with Crippen molar-refractivity contribution < 1.29 is 14.6 Å².